The number of amides is 1. The lowest BCUT2D eigenvalue weighted by molar-refractivity contribution is -0.132. The minimum Gasteiger partial charge on any atom is -0.508 e. The third-order valence-corrected chi connectivity index (χ3v) is 5.57. The van der Waals surface area contributed by atoms with E-state index in [1.807, 2.05) is 13.0 Å². The molecule has 2 N–H and O–H groups in total. The number of methoxy groups -OCH3 is 2. The van der Waals surface area contributed by atoms with Crippen molar-refractivity contribution in [2.45, 2.75) is 13.0 Å². The minimum atomic E-state index is -0.978. The Hall–Kier alpha value is -4.26. The molecule has 0 bridgehead atoms. The number of aliphatic hydroxyl groups excluding tert-OH is 1. The number of carbonyl (C=O) groups is 2. The molecule has 0 aromatic heterocycles. The number of phenols is 1. The molecule has 1 heterocycles. The normalized spacial score (nSPS) is 17.3. The Bertz CT molecular complexity index is 1260. The van der Waals surface area contributed by atoms with Gasteiger partial charge in [0.2, 0.25) is 0 Å². The summed E-state index contributed by atoms with van der Waals surface area (Å²) in [5.74, 6) is -1.53. The molecule has 33 heavy (non-hydrogen) atoms. The van der Waals surface area contributed by atoms with E-state index in [1.54, 1.807) is 48.5 Å². The first-order valence-electron chi connectivity index (χ1n) is 10.2. The maximum atomic E-state index is 13.3. The monoisotopic (exact) mass is 445 g/mol. The summed E-state index contributed by atoms with van der Waals surface area (Å²) < 4.78 is 10.8. The van der Waals surface area contributed by atoms with Gasteiger partial charge in [-0.3, -0.25) is 14.5 Å². The molecule has 0 aliphatic carbocycles. The smallest absolute Gasteiger partial charge is 0.300 e. The van der Waals surface area contributed by atoms with Gasteiger partial charge in [0.25, 0.3) is 11.7 Å². The average molecular weight is 445 g/mol. The Balaban J connectivity index is 2.03. The second-order valence-electron chi connectivity index (χ2n) is 7.64. The number of ketones is 1. The van der Waals surface area contributed by atoms with Crippen LogP contribution in [0.3, 0.4) is 0 Å². The molecule has 1 fully saturated rings. The lowest BCUT2D eigenvalue weighted by atomic mass is 9.94. The van der Waals surface area contributed by atoms with E-state index in [-0.39, 0.29) is 28.4 Å². The van der Waals surface area contributed by atoms with E-state index in [1.165, 1.54) is 31.3 Å². The standard InChI is InChI=1S/C26H23NO6/c1-15-7-4-9-17(13-15)27-23(16-8-5-10-18(28)14-16)22(25(30)26(27)31)24(29)21-19(32-2)11-6-12-20(21)33-3/h4-14,23,28-29H,1-3H3/b24-22+. The summed E-state index contributed by atoms with van der Waals surface area (Å²) in [6.07, 6.45) is 0. The van der Waals surface area contributed by atoms with Crippen molar-refractivity contribution in [2.24, 2.45) is 0 Å². The summed E-state index contributed by atoms with van der Waals surface area (Å²) in [5.41, 5.74) is 1.89. The number of aliphatic hydroxyl groups is 1. The number of ether oxygens (including phenoxy) is 2. The van der Waals surface area contributed by atoms with Crippen LogP contribution in [0.5, 0.6) is 17.2 Å². The Morgan fingerprint density at radius 2 is 1.55 bits per heavy atom. The van der Waals surface area contributed by atoms with Crippen molar-refractivity contribution in [2.75, 3.05) is 19.1 Å². The zero-order valence-corrected chi connectivity index (χ0v) is 18.4. The summed E-state index contributed by atoms with van der Waals surface area (Å²) in [6, 6.07) is 17.4. The summed E-state index contributed by atoms with van der Waals surface area (Å²) >= 11 is 0. The summed E-state index contributed by atoms with van der Waals surface area (Å²) in [7, 11) is 2.87. The highest BCUT2D eigenvalue weighted by molar-refractivity contribution is 6.51. The van der Waals surface area contributed by atoms with Gasteiger partial charge in [-0.05, 0) is 54.4 Å². The first kappa shape index (κ1) is 22.0. The molecule has 4 rings (SSSR count). The molecule has 1 aliphatic heterocycles. The van der Waals surface area contributed by atoms with Gasteiger partial charge in [0.15, 0.2) is 0 Å². The van der Waals surface area contributed by atoms with Crippen LogP contribution in [0.15, 0.2) is 72.3 Å². The van der Waals surface area contributed by atoms with Gasteiger partial charge in [0.1, 0.15) is 28.6 Å². The number of aryl methyl sites for hydroxylation is 1. The summed E-state index contributed by atoms with van der Waals surface area (Å²) in [6.45, 7) is 1.88. The molecule has 168 valence electrons. The highest BCUT2D eigenvalue weighted by Crippen LogP contribution is 2.45. The zero-order chi connectivity index (χ0) is 23.7. The first-order valence-corrected chi connectivity index (χ1v) is 10.2. The van der Waals surface area contributed by atoms with Crippen LogP contribution in [0.25, 0.3) is 5.76 Å². The zero-order valence-electron chi connectivity index (χ0n) is 18.4. The van der Waals surface area contributed by atoms with Crippen LogP contribution in [0.4, 0.5) is 5.69 Å². The Kier molecular flexibility index (Phi) is 5.79. The van der Waals surface area contributed by atoms with Gasteiger partial charge in [-0.2, -0.15) is 0 Å². The van der Waals surface area contributed by atoms with Gasteiger partial charge >= 0.3 is 0 Å². The van der Waals surface area contributed by atoms with Crippen LogP contribution in [-0.4, -0.2) is 36.1 Å². The van der Waals surface area contributed by atoms with E-state index in [9.17, 15) is 19.8 Å². The first-order chi connectivity index (χ1) is 15.9. The number of anilines is 1. The molecular formula is C26H23NO6. The van der Waals surface area contributed by atoms with E-state index in [4.69, 9.17) is 9.47 Å². The second kappa shape index (κ2) is 8.70. The van der Waals surface area contributed by atoms with E-state index in [0.29, 0.717) is 11.3 Å². The van der Waals surface area contributed by atoms with Crippen LogP contribution >= 0.6 is 0 Å². The van der Waals surface area contributed by atoms with Gasteiger partial charge in [-0.25, -0.2) is 0 Å². The predicted octanol–water partition coefficient (Wildman–Crippen LogP) is 4.34. The van der Waals surface area contributed by atoms with Crippen LogP contribution in [0.2, 0.25) is 0 Å². The topological polar surface area (TPSA) is 96.3 Å². The van der Waals surface area contributed by atoms with Gasteiger partial charge in [0.05, 0.1) is 25.8 Å². The summed E-state index contributed by atoms with van der Waals surface area (Å²) in [5, 5.41) is 21.5. The number of aromatic hydroxyl groups is 1. The minimum absolute atomic E-state index is 0.0304. The molecule has 3 aromatic carbocycles. The van der Waals surface area contributed by atoms with E-state index < -0.39 is 23.5 Å². The fraction of sp³-hybridized carbons (Fsp3) is 0.154. The number of hydrogen-bond acceptors (Lipinski definition) is 6. The molecule has 3 aromatic rings. The molecule has 1 atom stereocenters. The van der Waals surface area contributed by atoms with E-state index in [0.717, 1.165) is 5.56 Å². The van der Waals surface area contributed by atoms with Crippen LogP contribution in [0, 0.1) is 6.92 Å². The fourth-order valence-corrected chi connectivity index (χ4v) is 4.11. The van der Waals surface area contributed by atoms with Crippen molar-refractivity contribution >= 4 is 23.1 Å². The van der Waals surface area contributed by atoms with E-state index >= 15 is 0 Å². The van der Waals surface area contributed by atoms with Crippen LogP contribution < -0.4 is 14.4 Å². The quantitative estimate of drug-likeness (QED) is 0.345. The largest absolute Gasteiger partial charge is 0.508 e. The third-order valence-electron chi connectivity index (χ3n) is 5.57. The predicted molar refractivity (Wildman–Crippen MR) is 124 cm³/mol. The molecule has 1 saturated heterocycles. The second-order valence-corrected chi connectivity index (χ2v) is 7.64. The number of nitrogens with zero attached hydrogens (tertiary/aromatic N) is 1. The number of rotatable bonds is 5. The molecule has 7 nitrogen and oxygen atoms in total. The lowest BCUT2D eigenvalue weighted by Gasteiger charge is -2.26. The number of carbonyl (C=O) groups excluding carboxylic acids is 2. The number of hydrogen-bond donors (Lipinski definition) is 2. The van der Waals surface area contributed by atoms with Crippen LogP contribution in [-0.2, 0) is 9.59 Å². The lowest BCUT2D eigenvalue weighted by Crippen LogP contribution is -2.29. The molecule has 0 saturated carbocycles. The number of benzene rings is 3. The van der Waals surface area contributed by atoms with Crippen molar-refractivity contribution in [1.29, 1.82) is 0 Å². The Morgan fingerprint density at radius 3 is 2.15 bits per heavy atom. The molecule has 1 unspecified atom stereocenters. The van der Waals surface area contributed by atoms with Gasteiger partial charge < -0.3 is 19.7 Å². The molecule has 7 heteroatoms. The highest BCUT2D eigenvalue weighted by Gasteiger charge is 2.47. The maximum Gasteiger partial charge on any atom is 0.300 e. The van der Waals surface area contributed by atoms with Gasteiger partial charge in [-0.15, -0.1) is 0 Å². The van der Waals surface area contributed by atoms with Crippen molar-refractivity contribution in [1.82, 2.24) is 0 Å². The van der Waals surface area contributed by atoms with Crippen molar-refractivity contribution in [3.8, 4) is 17.2 Å². The van der Waals surface area contributed by atoms with Crippen LogP contribution in [0.1, 0.15) is 22.7 Å². The van der Waals surface area contributed by atoms with E-state index in [2.05, 4.69) is 0 Å². The fourth-order valence-electron chi connectivity index (χ4n) is 4.11. The molecule has 0 radical (unpaired) electrons. The molecular weight excluding hydrogens is 422 g/mol. The average Bonchev–Trinajstić information content (AvgIpc) is 3.08. The van der Waals surface area contributed by atoms with Gasteiger partial charge in [0, 0.05) is 5.69 Å². The maximum absolute atomic E-state index is 13.3. The number of phenolic OH excluding ortho intramolecular Hbond substituents is 1. The highest BCUT2D eigenvalue weighted by atomic mass is 16.5. The Morgan fingerprint density at radius 1 is 0.909 bits per heavy atom. The Labute approximate surface area is 191 Å². The molecule has 0 spiro atoms. The van der Waals surface area contributed by atoms with Crippen molar-refractivity contribution in [3.05, 3.63) is 89.0 Å². The van der Waals surface area contributed by atoms with Crippen molar-refractivity contribution in [3.63, 3.8) is 0 Å². The van der Waals surface area contributed by atoms with Gasteiger partial charge in [-0.1, -0.05) is 30.3 Å². The third kappa shape index (κ3) is 3.78. The SMILES string of the molecule is COc1cccc(OC)c1/C(O)=C1\C(=O)C(=O)N(c2cccc(C)c2)C1c1cccc(O)c1. The molecule has 1 amide bonds. The molecule has 1 aliphatic rings. The van der Waals surface area contributed by atoms with Crippen molar-refractivity contribution < 1.29 is 29.3 Å². The summed E-state index contributed by atoms with van der Waals surface area (Å²) in [4.78, 5) is 27.9. The number of Topliss-reactive ketones (excluding diaryl/α,β-unsaturated/α-hetero) is 1.